The molecule has 1 N–H and O–H groups in total. The zero-order valence-corrected chi connectivity index (χ0v) is 11.4. The lowest BCUT2D eigenvalue weighted by molar-refractivity contribution is 0.0694. The first-order valence-electron chi connectivity index (χ1n) is 5.75. The Morgan fingerprint density at radius 2 is 1.79 bits per heavy atom. The second kappa shape index (κ2) is 5.33. The van der Waals surface area contributed by atoms with Gasteiger partial charge in [0.05, 0.1) is 5.02 Å². The number of hydrogen-bond acceptors (Lipinski definition) is 2. The first-order chi connectivity index (χ1) is 8.97. The van der Waals surface area contributed by atoms with Crippen LogP contribution >= 0.6 is 11.6 Å². The van der Waals surface area contributed by atoms with Gasteiger partial charge in [-0.3, -0.25) is 0 Å². The van der Waals surface area contributed by atoms with Crippen molar-refractivity contribution in [1.29, 1.82) is 0 Å². The van der Waals surface area contributed by atoms with Gasteiger partial charge >= 0.3 is 5.97 Å². The van der Waals surface area contributed by atoms with Crippen molar-refractivity contribution < 1.29 is 14.6 Å². The molecular weight excluding hydrogens is 264 g/mol. The molecule has 0 radical (unpaired) electrons. The highest BCUT2D eigenvalue weighted by molar-refractivity contribution is 6.33. The molecule has 2 rings (SSSR count). The summed E-state index contributed by atoms with van der Waals surface area (Å²) in [6, 6.07) is 10.5. The summed E-state index contributed by atoms with van der Waals surface area (Å²) in [6.45, 7) is 3.91. The van der Waals surface area contributed by atoms with Gasteiger partial charge < -0.3 is 9.84 Å². The van der Waals surface area contributed by atoms with Gasteiger partial charge in [0.2, 0.25) is 0 Å². The lowest BCUT2D eigenvalue weighted by Crippen LogP contribution is -2.01. The van der Waals surface area contributed by atoms with E-state index in [1.54, 1.807) is 12.1 Å². The SMILES string of the molecule is Cc1cc(C)cc(Oc2cccc(Cl)c2C(=O)O)c1. The molecule has 0 unspecified atom stereocenters. The van der Waals surface area contributed by atoms with Crippen molar-refractivity contribution in [1.82, 2.24) is 0 Å². The molecule has 0 saturated heterocycles. The van der Waals surface area contributed by atoms with Crippen LogP contribution in [-0.2, 0) is 0 Å². The third-order valence-electron chi connectivity index (χ3n) is 2.61. The van der Waals surface area contributed by atoms with E-state index in [1.165, 1.54) is 6.07 Å². The normalized spacial score (nSPS) is 10.3. The number of carboxylic acid groups (broad SMARTS) is 1. The van der Waals surface area contributed by atoms with Crippen molar-refractivity contribution in [2.24, 2.45) is 0 Å². The monoisotopic (exact) mass is 276 g/mol. The zero-order valence-electron chi connectivity index (χ0n) is 10.6. The van der Waals surface area contributed by atoms with Gasteiger partial charge in [0.1, 0.15) is 17.1 Å². The van der Waals surface area contributed by atoms with E-state index in [9.17, 15) is 4.79 Å². The Balaban J connectivity index is 2.43. The maximum atomic E-state index is 11.2. The summed E-state index contributed by atoms with van der Waals surface area (Å²) in [5.41, 5.74) is 2.08. The van der Waals surface area contributed by atoms with E-state index in [4.69, 9.17) is 21.4 Å². The minimum atomic E-state index is -1.11. The molecule has 0 bridgehead atoms. The Kier molecular flexibility index (Phi) is 3.76. The van der Waals surface area contributed by atoms with Crippen LogP contribution in [0, 0.1) is 13.8 Å². The Morgan fingerprint density at radius 1 is 1.16 bits per heavy atom. The predicted octanol–water partition coefficient (Wildman–Crippen LogP) is 4.45. The summed E-state index contributed by atoms with van der Waals surface area (Å²) in [4.78, 5) is 11.2. The van der Waals surface area contributed by atoms with Crippen LogP contribution in [-0.4, -0.2) is 11.1 Å². The summed E-state index contributed by atoms with van der Waals surface area (Å²) in [6.07, 6.45) is 0. The van der Waals surface area contributed by atoms with Gasteiger partial charge in [-0.25, -0.2) is 4.79 Å². The predicted molar refractivity (Wildman–Crippen MR) is 74.4 cm³/mol. The average molecular weight is 277 g/mol. The third kappa shape index (κ3) is 3.06. The topological polar surface area (TPSA) is 46.5 Å². The second-order valence-corrected chi connectivity index (χ2v) is 4.75. The molecule has 0 atom stereocenters. The van der Waals surface area contributed by atoms with Crippen LogP contribution in [0.2, 0.25) is 5.02 Å². The summed E-state index contributed by atoms with van der Waals surface area (Å²) in [7, 11) is 0. The summed E-state index contributed by atoms with van der Waals surface area (Å²) >= 11 is 5.89. The Morgan fingerprint density at radius 3 is 2.37 bits per heavy atom. The van der Waals surface area contributed by atoms with Crippen molar-refractivity contribution >= 4 is 17.6 Å². The molecule has 2 aromatic rings. The van der Waals surface area contributed by atoms with Crippen molar-refractivity contribution in [3.8, 4) is 11.5 Å². The second-order valence-electron chi connectivity index (χ2n) is 4.34. The van der Waals surface area contributed by atoms with E-state index in [1.807, 2.05) is 32.0 Å². The van der Waals surface area contributed by atoms with Crippen LogP contribution in [0.5, 0.6) is 11.5 Å². The van der Waals surface area contributed by atoms with Gasteiger partial charge in [-0.1, -0.05) is 23.7 Å². The van der Waals surface area contributed by atoms with Crippen LogP contribution in [0.3, 0.4) is 0 Å². The number of aromatic carboxylic acids is 1. The maximum Gasteiger partial charge on any atom is 0.341 e. The fourth-order valence-electron chi connectivity index (χ4n) is 1.92. The van der Waals surface area contributed by atoms with E-state index in [2.05, 4.69) is 0 Å². The van der Waals surface area contributed by atoms with Gasteiger partial charge in [-0.15, -0.1) is 0 Å². The van der Waals surface area contributed by atoms with Crippen molar-refractivity contribution in [3.05, 3.63) is 58.1 Å². The summed E-state index contributed by atoms with van der Waals surface area (Å²) < 4.78 is 5.65. The molecule has 19 heavy (non-hydrogen) atoms. The first-order valence-corrected chi connectivity index (χ1v) is 6.13. The van der Waals surface area contributed by atoms with Crippen molar-refractivity contribution in [2.45, 2.75) is 13.8 Å². The Hall–Kier alpha value is -2.00. The average Bonchev–Trinajstić information content (AvgIpc) is 2.26. The minimum Gasteiger partial charge on any atom is -0.478 e. The van der Waals surface area contributed by atoms with Gasteiger partial charge in [-0.05, 0) is 49.2 Å². The number of ether oxygens (including phenoxy) is 1. The molecular formula is C15H13ClO3. The van der Waals surface area contributed by atoms with Crippen LogP contribution < -0.4 is 4.74 Å². The molecule has 0 aliphatic carbocycles. The van der Waals surface area contributed by atoms with Crippen LogP contribution in [0.1, 0.15) is 21.5 Å². The van der Waals surface area contributed by atoms with Gasteiger partial charge in [0.25, 0.3) is 0 Å². The highest BCUT2D eigenvalue weighted by atomic mass is 35.5. The molecule has 0 aliphatic rings. The van der Waals surface area contributed by atoms with E-state index < -0.39 is 5.97 Å². The lowest BCUT2D eigenvalue weighted by atomic mass is 10.1. The number of rotatable bonds is 3. The Labute approximate surface area is 116 Å². The van der Waals surface area contributed by atoms with Gasteiger partial charge in [0.15, 0.2) is 0 Å². The highest BCUT2D eigenvalue weighted by Crippen LogP contribution is 2.31. The van der Waals surface area contributed by atoms with Crippen LogP contribution in [0.15, 0.2) is 36.4 Å². The fourth-order valence-corrected chi connectivity index (χ4v) is 2.16. The molecule has 3 nitrogen and oxygen atoms in total. The molecule has 4 heteroatoms. The fraction of sp³-hybridized carbons (Fsp3) is 0.133. The molecule has 0 aliphatic heterocycles. The largest absolute Gasteiger partial charge is 0.478 e. The van der Waals surface area contributed by atoms with Crippen molar-refractivity contribution in [3.63, 3.8) is 0 Å². The molecule has 98 valence electrons. The molecule has 0 spiro atoms. The lowest BCUT2D eigenvalue weighted by Gasteiger charge is -2.11. The maximum absolute atomic E-state index is 11.2. The quantitative estimate of drug-likeness (QED) is 0.901. The van der Waals surface area contributed by atoms with Gasteiger partial charge in [-0.2, -0.15) is 0 Å². The summed E-state index contributed by atoms with van der Waals surface area (Å²) in [5, 5.41) is 9.33. The first kappa shape index (κ1) is 13.4. The molecule has 0 aromatic heterocycles. The third-order valence-corrected chi connectivity index (χ3v) is 2.93. The molecule has 0 saturated carbocycles. The minimum absolute atomic E-state index is 0.0247. The number of halogens is 1. The van der Waals surface area contributed by atoms with Crippen LogP contribution in [0.25, 0.3) is 0 Å². The number of benzene rings is 2. The van der Waals surface area contributed by atoms with E-state index >= 15 is 0 Å². The number of carboxylic acids is 1. The molecule has 2 aromatic carbocycles. The van der Waals surface area contributed by atoms with Gasteiger partial charge in [0, 0.05) is 0 Å². The number of carbonyl (C=O) groups is 1. The number of hydrogen-bond donors (Lipinski definition) is 1. The summed E-state index contributed by atoms with van der Waals surface area (Å²) in [5.74, 6) is -0.266. The highest BCUT2D eigenvalue weighted by Gasteiger charge is 2.16. The van der Waals surface area contributed by atoms with Crippen molar-refractivity contribution in [2.75, 3.05) is 0 Å². The smallest absolute Gasteiger partial charge is 0.341 e. The standard InChI is InChI=1S/C15H13ClO3/c1-9-6-10(2)8-11(7-9)19-13-5-3-4-12(16)14(13)15(17)18/h3-8H,1-2H3,(H,17,18). The molecule has 0 fully saturated rings. The Bertz CT molecular complexity index is 615. The zero-order chi connectivity index (χ0) is 14.0. The van der Waals surface area contributed by atoms with Crippen LogP contribution in [0.4, 0.5) is 0 Å². The molecule has 0 heterocycles. The molecule has 0 amide bonds. The van der Waals surface area contributed by atoms with E-state index in [0.29, 0.717) is 5.75 Å². The van der Waals surface area contributed by atoms with E-state index in [-0.39, 0.29) is 16.3 Å². The number of aryl methyl sites for hydroxylation is 2. The van der Waals surface area contributed by atoms with E-state index in [0.717, 1.165) is 11.1 Å².